The first-order valence-electron chi connectivity index (χ1n) is 10.6. The lowest BCUT2D eigenvalue weighted by Crippen LogP contribution is -2.32. The van der Waals surface area contributed by atoms with Crippen LogP contribution >= 0.6 is 0 Å². The van der Waals surface area contributed by atoms with Crippen LogP contribution < -0.4 is 14.2 Å². The Labute approximate surface area is 179 Å². The minimum absolute atomic E-state index is 0.194. The Morgan fingerprint density at radius 3 is 2.03 bits per heavy atom. The molecule has 0 heterocycles. The van der Waals surface area contributed by atoms with Gasteiger partial charge in [-0.1, -0.05) is 38.1 Å². The highest BCUT2D eigenvalue weighted by atomic mass is 16.5. The summed E-state index contributed by atoms with van der Waals surface area (Å²) in [5.74, 6) is 2.50. The quantitative estimate of drug-likeness (QED) is 0.554. The average molecular weight is 412 g/mol. The van der Waals surface area contributed by atoms with Crippen molar-refractivity contribution in [1.82, 2.24) is 4.90 Å². The number of aryl methyl sites for hydroxylation is 1. The highest BCUT2D eigenvalue weighted by Crippen LogP contribution is 2.38. The average Bonchev–Trinajstić information content (AvgIpc) is 3.60. The van der Waals surface area contributed by atoms with E-state index < -0.39 is 0 Å². The fraction of sp³-hybridized carbons (Fsp3) is 0.480. The van der Waals surface area contributed by atoms with E-state index in [0.717, 1.165) is 18.4 Å². The van der Waals surface area contributed by atoms with Crippen molar-refractivity contribution < 1.29 is 19.0 Å². The second kappa shape index (κ2) is 9.88. The van der Waals surface area contributed by atoms with Crippen LogP contribution in [0.4, 0.5) is 0 Å². The standard InChI is InChI=1S/C25H33NO4/c1-17(2)20-9-6-18(7-10-20)16-26(21-11-12-21)24(27)13-8-19-14-22(28-3)25(30-5)23(15-19)29-4/h6-7,9-10,14-15,17,21H,8,11-13,16H2,1-5H3. The Bertz CT molecular complexity index is 831. The van der Waals surface area contributed by atoms with E-state index in [2.05, 4.69) is 38.1 Å². The molecule has 0 atom stereocenters. The molecule has 0 radical (unpaired) electrons. The molecule has 2 aromatic rings. The molecule has 0 unspecified atom stereocenters. The van der Waals surface area contributed by atoms with Gasteiger partial charge in [0.15, 0.2) is 11.5 Å². The fourth-order valence-corrected chi connectivity index (χ4v) is 3.69. The molecule has 1 fully saturated rings. The van der Waals surface area contributed by atoms with Gasteiger partial charge in [-0.3, -0.25) is 4.79 Å². The summed E-state index contributed by atoms with van der Waals surface area (Å²) in [6, 6.07) is 12.9. The van der Waals surface area contributed by atoms with E-state index in [1.807, 2.05) is 17.0 Å². The molecule has 5 nitrogen and oxygen atoms in total. The molecule has 1 aliphatic carbocycles. The van der Waals surface area contributed by atoms with E-state index in [-0.39, 0.29) is 5.91 Å². The van der Waals surface area contributed by atoms with Gasteiger partial charge in [0, 0.05) is 19.0 Å². The zero-order chi connectivity index (χ0) is 21.7. The summed E-state index contributed by atoms with van der Waals surface area (Å²) in [5.41, 5.74) is 3.51. The molecular formula is C25H33NO4. The van der Waals surface area contributed by atoms with Gasteiger partial charge < -0.3 is 19.1 Å². The normalized spacial score (nSPS) is 13.3. The number of nitrogens with zero attached hydrogens (tertiary/aromatic N) is 1. The number of methoxy groups -OCH3 is 3. The topological polar surface area (TPSA) is 48.0 Å². The molecule has 30 heavy (non-hydrogen) atoms. The second-order valence-electron chi connectivity index (χ2n) is 8.18. The Balaban J connectivity index is 1.67. The Morgan fingerprint density at radius 1 is 0.967 bits per heavy atom. The molecule has 1 saturated carbocycles. The van der Waals surface area contributed by atoms with Crippen molar-refractivity contribution in [3.63, 3.8) is 0 Å². The van der Waals surface area contributed by atoms with Crippen LogP contribution in [0, 0.1) is 0 Å². The lowest BCUT2D eigenvalue weighted by atomic mass is 10.0. The number of amides is 1. The first kappa shape index (κ1) is 22.0. The van der Waals surface area contributed by atoms with Gasteiger partial charge >= 0.3 is 0 Å². The van der Waals surface area contributed by atoms with Crippen LogP contribution in [0.5, 0.6) is 17.2 Å². The Morgan fingerprint density at radius 2 is 1.57 bits per heavy atom. The summed E-state index contributed by atoms with van der Waals surface area (Å²) < 4.78 is 16.2. The molecular weight excluding hydrogens is 378 g/mol. The SMILES string of the molecule is COc1cc(CCC(=O)N(Cc2ccc(C(C)C)cc2)C2CC2)cc(OC)c1OC. The third-order valence-corrected chi connectivity index (χ3v) is 5.66. The molecule has 0 N–H and O–H groups in total. The highest BCUT2D eigenvalue weighted by Gasteiger charge is 2.32. The van der Waals surface area contributed by atoms with E-state index in [0.29, 0.717) is 48.6 Å². The maximum absolute atomic E-state index is 13.0. The van der Waals surface area contributed by atoms with Crippen molar-refractivity contribution in [2.24, 2.45) is 0 Å². The van der Waals surface area contributed by atoms with Gasteiger partial charge in [0.1, 0.15) is 0 Å². The van der Waals surface area contributed by atoms with Gasteiger partial charge in [0.05, 0.1) is 21.3 Å². The van der Waals surface area contributed by atoms with Gasteiger partial charge in [-0.05, 0) is 54.0 Å². The first-order valence-corrected chi connectivity index (χ1v) is 10.6. The molecule has 0 saturated heterocycles. The molecule has 0 bridgehead atoms. The fourth-order valence-electron chi connectivity index (χ4n) is 3.69. The second-order valence-corrected chi connectivity index (χ2v) is 8.18. The maximum atomic E-state index is 13.0. The molecule has 162 valence electrons. The predicted octanol–water partition coefficient (Wildman–Crippen LogP) is 4.96. The van der Waals surface area contributed by atoms with Crippen molar-refractivity contribution in [2.45, 2.75) is 58.0 Å². The minimum atomic E-state index is 0.194. The molecule has 1 amide bonds. The monoisotopic (exact) mass is 411 g/mol. The van der Waals surface area contributed by atoms with Crippen LogP contribution in [0.25, 0.3) is 0 Å². The van der Waals surface area contributed by atoms with Crippen LogP contribution in [-0.2, 0) is 17.8 Å². The van der Waals surface area contributed by atoms with E-state index in [9.17, 15) is 4.79 Å². The summed E-state index contributed by atoms with van der Waals surface area (Å²) >= 11 is 0. The van der Waals surface area contributed by atoms with E-state index >= 15 is 0 Å². The maximum Gasteiger partial charge on any atom is 0.223 e. The number of benzene rings is 2. The van der Waals surface area contributed by atoms with Crippen molar-refractivity contribution in [2.75, 3.05) is 21.3 Å². The van der Waals surface area contributed by atoms with E-state index in [1.54, 1.807) is 21.3 Å². The highest BCUT2D eigenvalue weighted by molar-refractivity contribution is 5.77. The molecule has 3 rings (SSSR count). The summed E-state index contributed by atoms with van der Waals surface area (Å²) in [6.07, 6.45) is 3.28. The number of hydrogen-bond donors (Lipinski definition) is 0. The van der Waals surface area contributed by atoms with Gasteiger partial charge in [-0.25, -0.2) is 0 Å². The van der Waals surface area contributed by atoms with Crippen LogP contribution in [0.2, 0.25) is 0 Å². The van der Waals surface area contributed by atoms with E-state index in [1.165, 1.54) is 11.1 Å². The van der Waals surface area contributed by atoms with Crippen molar-refractivity contribution in [1.29, 1.82) is 0 Å². The van der Waals surface area contributed by atoms with E-state index in [4.69, 9.17) is 14.2 Å². The number of carbonyl (C=O) groups excluding carboxylic acids is 1. The van der Waals surface area contributed by atoms with Crippen LogP contribution in [0.1, 0.15) is 55.7 Å². The molecule has 1 aliphatic rings. The number of hydrogen-bond acceptors (Lipinski definition) is 4. The third-order valence-electron chi connectivity index (χ3n) is 5.66. The predicted molar refractivity (Wildman–Crippen MR) is 119 cm³/mol. The Hall–Kier alpha value is -2.69. The smallest absolute Gasteiger partial charge is 0.223 e. The van der Waals surface area contributed by atoms with Crippen molar-refractivity contribution >= 4 is 5.91 Å². The number of rotatable bonds is 10. The summed E-state index contributed by atoms with van der Waals surface area (Å²) in [4.78, 5) is 15.1. The summed E-state index contributed by atoms with van der Waals surface area (Å²) in [6.45, 7) is 5.06. The van der Waals surface area contributed by atoms with Crippen LogP contribution in [0.15, 0.2) is 36.4 Å². The lowest BCUT2D eigenvalue weighted by molar-refractivity contribution is -0.132. The van der Waals surface area contributed by atoms with Crippen molar-refractivity contribution in [3.8, 4) is 17.2 Å². The number of ether oxygens (including phenoxy) is 3. The van der Waals surface area contributed by atoms with Gasteiger partial charge in [-0.2, -0.15) is 0 Å². The first-order chi connectivity index (χ1) is 14.5. The zero-order valence-electron chi connectivity index (χ0n) is 18.7. The zero-order valence-corrected chi connectivity index (χ0v) is 18.7. The Kier molecular flexibility index (Phi) is 7.24. The molecule has 0 spiro atoms. The molecule has 0 aliphatic heterocycles. The van der Waals surface area contributed by atoms with Gasteiger partial charge in [-0.15, -0.1) is 0 Å². The molecule has 5 heteroatoms. The summed E-state index contributed by atoms with van der Waals surface area (Å²) in [7, 11) is 4.79. The molecule has 2 aromatic carbocycles. The van der Waals surface area contributed by atoms with Crippen LogP contribution in [-0.4, -0.2) is 38.2 Å². The summed E-state index contributed by atoms with van der Waals surface area (Å²) in [5, 5.41) is 0. The number of carbonyl (C=O) groups is 1. The van der Waals surface area contributed by atoms with Gasteiger partial charge in [0.2, 0.25) is 11.7 Å². The third kappa shape index (κ3) is 5.26. The van der Waals surface area contributed by atoms with Gasteiger partial charge in [0.25, 0.3) is 0 Å². The largest absolute Gasteiger partial charge is 0.493 e. The van der Waals surface area contributed by atoms with Crippen LogP contribution in [0.3, 0.4) is 0 Å². The molecule has 0 aromatic heterocycles. The lowest BCUT2D eigenvalue weighted by Gasteiger charge is -2.23. The van der Waals surface area contributed by atoms with Crippen molar-refractivity contribution in [3.05, 3.63) is 53.1 Å². The minimum Gasteiger partial charge on any atom is -0.493 e.